The molecule has 0 saturated carbocycles. The molecule has 0 radical (unpaired) electrons. The van der Waals surface area contributed by atoms with Crippen LogP contribution in [0, 0.1) is 0 Å². The van der Waals surface area contributed by atoms with Gasteiger partial charge in [0.15, 0.2) is 0 Å². The maximum absolute atomic E-state index is 11.1. The smallest absolute Gasteiger partial charge is 0.233 e. The van der Waals surface area contributed by atoms with E-state index in [1.165, 1.54) is 0 Å². The van der Waals surface area contributed by atoms with Crippen LogP contribution in [0.4, 0.5) is 0 Å². The van der Waals surface area contributed by atoms with Crippen LogP contribution in [0.1, 0.15) is 13.3 Å². The van der Waals surface area contributed by atoms with Gasteiger partial charge in [0.2, 0.25) is 5.91 Å². The zero-order valence-electron chi connectivity index (χ0n) is 6.58. The summed E-state index contributed by atoms with van der Waals surface area (Å²) in [6.07, 6.45) is 0.516. The van der Waals surface area contributed by atoms with Crippen LogP contribution in [0.3, 0.4) is 0 Å². The molecule has 66 valence electrons. The van der Waals surface area contributed by atoms with E-state index in [1.807, 2.05) is 0 Å². The zero-order valence-corrected chi connectivity index (χ0v) is 7.39. The molecule has 0 fully saturated rings. The molecule has 0 saturated heterocycles. The molecule has 4 N–H and O–H groups in total. The molecule has 0 aromatic heterocycles. The molecular formula is C6H14N2O2S. The maximum Gasteiger partial charge on any atom is 0.233 e. The third kappa shape index (κ3) is 3.48. The molecule has 2 unspecified atom stereocenters. The van der Waals surface area contributed by atoms with Crippen LogP contribution >= 0.6 is 0 Å². The highest BCUT2D eigenvalue weighted by atomic mass is 32.2. The van der Waals surface area contributed by atoms with Crippen molar-refractivity contribution in [3.05, 3.63) is 0 Å². The number of carbonyl (C=O) groups is 1. The lowest BCUT2D eigenvalue weighted by molar-refractivity contribution is -0.117. The molecule has 0 aliphatic carbocycles. The molecule has 2 atom stereocenters. The zero-order chi connectivity index (χ0) is 8.85. The lowest BCUT2D eigenvalue weighted by Gasteiger charge is -2.08. The molecule has 0 aromatic carbocycles. The molecule has 0 aliphatic rings. The van der Waals surface area contributed by atoms with Gasteiger partial charge in [0.05, 0.1) is 0 Å². The van der Waals surface area contributed by atoms with Gasteiger partial charge < -0.3 is 11.5 Å². The van der Waals surface area contributed by atoms with E-state index in [0.29, 0.717) is 18.7 Å². The van der Waals surface area contributed by atoms with Crippen molar-refractivity contribution >= 4 is 16.7 Å². The van der Waals surface area contributed by atoms with E-state index in [0.717, 1.165) is 0 Å². The molecule has 4 nitrogen and oxygen atoms in total. The van der Waals surface area contributed by atoms with Crippen molar-refractivity contribution in [2.45, 2.75) is 18.6 Å². The first-order valence-corrected chi connectivity index (χ1v) is 4.88. The Morgan fingerprint density at radius 1 is 1.64 bits per heavy atom. The van der Waals surface area contributed by atoms with E-state index in [9.17, 15) is 9.00 Å². The number of carbonyl (C=O) groups excluding carboxylic acids is 1. The summed E-state index contributed by atoms with van der Waals surface area (Å²) in [5, 5.41) is -0.529. The second-order valence-electron chi connectivity index (χ2n) is 2.17. The minimum absolute atomic E-state index is 0.330. The molecule has 0 aliphatic heterocycles. The highest BCUT2D eigenvalue weighted by molar-refractivity contribution is 7.86. The quantitative estimate of drug-likeness (QED) is 0.563. The minimum atomic E-state index is -1.19. The summed E-state index contributed by atoms with van der Waals surface area (Å²) in [6.45, 7) is 2.11. The van der Waals surface area contributed by atoms with Gasteiger partial charge in [0, 0.05) is 23.1 Å². The summed E-state index contributed by atoms with van der Waals surface area (Å²) in [7, 11) is -1.19. The van der Waals surface area contributed by atoms with Gasteiger partial charge in [0.25, 0.3) is 0 Å². The molecule has 1 amide bonds. The Kier molecular flexibility index (Phi) is 5.06. The number of primary amides is 1. The molecule has 0 aromatic rings. The van der Waals surface area contributed by atoms with Crippen molar-refractivity contribution in [2.24, 2.45) is 11.5 Å². The van der Waals surface area contributed by atoms with E-state index in [-0.39, 0.29) is 0 Å². The number of hydrogen-bond acceptors (Lipinski definition) is 3. The van der Waals surface area contributed by atoms with Crippen molar-refractivity contribution in [1.82, 2.24) is 0 Å². The number of rotatable bonds is 5. The van der Waals surface area contributed by atoms with E-state index in [1.54, 1.807) is 6.92 Å². The van der Waals surface area contributed by atoms with Crippen LogP contribution in [0.2, 0.25) is 0 Å². The summed E-state index contributed by atoms with van der Waals surface area (Å²) in [6, 6.07) is 0. The largest absolute Gasteiger partial charge is 0.369 e. The van der Waals surface area contributed by atoms with Crippen LogP contribution in [-0.4, -0.2) is 27.7 Å². The van der Waals surface area contributed by atoms with E-state index in [2.05, 4.69) is 0 Å². The monoisotopic (exact) mass is 178 g/mol. The average molecular weight is 178 g/mol. The summed E-state index contributed by atoms with van der Waals surface area (Å²) < 4.78 is 11.1. The Labute approximate surface area is 68.8 Å². The molecule has 0 rings (SSSR count). The van der Waals surface area contributed by atoms with E-state index >= 15 is 0 Å². The van der Waals surface area contributed by atoms with Crippen molar-refractivity contribution in [2.75, 3.05) is 12.3 Å². The molecule has 0 heterocycles. The fourth-order valence-corrected chi connectivity index (χ4v) is 1.92. The minimum Gasteiger partial charge on any atom is -0.369 e. The first-order chi connectivity index (χ1) is 5.13. The highest BCUT2D eigenvalue weighted by Crippen LogP contribution is 2.00. The Morgan fingerprint density at radius 2 is 2.18 bits per heavy atom. The maximum atomic E-state index is 11.1. The van der Waals surface area contributed by atoms with Gasteiger partial charge in [-0.15, -0.1) is 0 Å². The summed E-state index contributed by atoms with van der Waals surface area (Å²) in [5.74, 6) is -0.152. The van der Waals surface area contributed by atoms with Gasteiger partial charge >= 0.3 is 0 Å². The number of nitrogens with two attached hydrogens (primary N) is 2. The summed E-state index contributed by atoms with van der Waals surface area (Å²) in [5.41, 5.74) is 10.2. The van der Waals surface area contributed by atoms with Crippen LogP contribution in [0.25, 0.3) is 0 Å². The van der Waals surface area contributed by atoms with Gasteiger partial charge in [0.1, 0.15) is 5.25 Å². The van der Waals surface area contributed by atoms with Gasteiger partial charge in [-0.2, -0.15) is 0 Å². The Hall–Kier alpha value is -0.420. The van der Waals surface area contributed by atoms with Crippen molar-refractivity contribution in [3.8, 4) is 0 Å². The Balaban J connectivity index is 4.03. The first kappa shape index (κ1) is 10.6. The predicted octanol–water partition coefficient (Wildman–Crippen LogP) is -1.04. The van der Waals surface area contributed by atoms with E-state index < -0.39 is 22.0 Å². The molecule has 0 bridgehead atoms. The van der Waals surface area contributed by atoms with Gasteiger partial charge in [-0.25, -0.2) is 0 Å². The van der Waals surface area contributed by atoms with Crippen molar-refractivity contribution in [1.29, 1.82) is 0 Å². The first-order valence-electron chi connectivity index (χ1n) is 3.50. The average Bonchev–Trinajstić information content (AvgIpc) is 1.88. The summed E-state index contributed by atoms with van der Waals surface area (Å²) >= 11 is 0. The second-order valence-corrected chi connectivity index (χ2v) is 3.91. The van der Waals surface area contributed by atoms with Crippen molar-refractivity contribution < 1.29 is 9.00 Å². The Bertz CT molecular complexity index is 161. The lowest BCUT2D eigenvalue weighted by Crippen LogP contribution is -2.34. The van der Waals surface area contributed by atoms with Gasteiger partial charge in [-0.3, -0.25) is 9.00 Å². The summed E-state index contributed by atoms with van der Waals surface area (Å²) in [4.78, 5) is 10.6. The third-order valence-corrected chi connectivity index (χ3v) is 3.16. The predicted molar refractivity (Wildman–Crippen MR) is 45.3 cm³/mol. The molecular weight excluding hydrogens is 164 g/mol. The molecule has 11 heavy (non-hydrogen) atoms. The topological polar surface area (TPSA) is 86.2 Å². The van der Waals surface area contributed by atoms with Crippen LogP contribution in [-0.2, 0) is 15.6 Å². The SMILES string of the molecule is CCC(C(N)=O)S(=O)CCN. The fourth-order valence-electron chi connectivity index (χ4n) is 0.775. The molecule has 0 spiro atoms. The standard InChI is InChI=1S/C6H14N2O2S/c1-2-5(6(8)9)11(10)4-3-7/h5H,2-4,7H2,1H3,(H2,8,9). The van der Waals surface area contributed by atoms with E-state index in [4.69, 9.17) is 11.5 Å². The second kappa shape index (κ2) is 5.26. The van der Waals surface area contributed by atoms with Crippen LogP contribution < -0.4 is 11.5 Å². The fraction of sp³-hybridized carbons (Fsp3) is 0.833. The number of amides is 1. The third-order valence-electron chi connectivity index (χ3n) is 1.32. The highest BCUT2D eigenvalue weighted by Gasteiger charge is 2.19. The van der Waals surface area contributed by atoms with Crippen LogP contribution in [0.15, 0.2) is 0 Å². The van der Waals surface area contributed by atoms with Crippen LogP contribution in [0.5, 0.6) is 0 Å². The van der Waals surface area contributed by atoms with Gasteiger partial charge in [-0.05, 0) is 6.42 Å². The van der Waals surface area contributed by atoms with Crippen molar-refractivity contribution in [3.63, 3.8) is 0 Å². The normalized spacial score (nSPS) is 15.8. The number of hydrogen-bond donors (Lipinski definition) is 2. The molecule has 5 heteroatoms. The van der Waals surface area contributed by atoms with Gasteiger partial charge in [-0.1, -0.05) is 6.92 Å². The Morgan fingerprint density at radius 3 is 2.45 bits per heavy atom. The lowest BCUT2D eigenvalue weighted by atomic mass is 10.3.